The van der Waals surface area contributed by atoms with Crippen LogP contribution in [-0.4, -0.2) is 29.1 Å². The van der Waals surface area contributed by atoms with Gasteiger partial charge in [0, 0.05) is 18.8 Å². The van der Waals surface area contributed by atoms with Gasteiger partial charge in [-0.2, -0.15) is 0 Å². The van der Waals surface area contributed by atoms with Crippen molar-refractivity contribution in [1.29, 1.82) is 0 Å². The summed E-state index contributed by atoms with van der Waals surface area (Å²) in [5, 5.41) is 9.66. The number of benzene rings is 1. The quantitative estimate of drug-likeness (QED) is 0.861. The molecule has 1 saturated heterocycles. The maximum absolute atomic E-state index is 11.7. The zero-order chi connectivity index (χ0) is 13.4. The number of H-pyrrole nitrogens is 1. The Morgan fingerprint density at radius 2 is 1.95 bits per heavy atom. The Labute approximate surface area is 109 Å². The van der Waals surface area contributed by atoms with Gasteiger partial charge < -0.3 is 15.0 Å². The summed E-state index contributed by atoms with van der Waals surface area (Å²) < 4.78 is 0. The van der Waals surface area contributed by atoms with Gasteiger partial charge in [-0.3, -0.25) is 4.79 Å². The smallest absolute Gasteiger partial charge is 0.341 e. The van der Waals surface area contributed by atoms with Crippen LogP contribution in [0.15, 0.2) is 29.1 Å². The maximum Gasteiger partial charge on any atom is 0.341 e. The number of aromatic carboxylic acids is 1. The average molecular weight is 258 g/mol. The molecule has 0 saturated carbocycles. The fourth-order valence-electron chi connectivity index (χ4n) is 2.52. The molecule has 2 aromatic rings. The van der Waals surface area contributed by atoms with E-state index in [1.807, 2.05) is 18.2 Å². The van der Waals surface area contributed by atoms with Crippen LogP contribution in [0.25, 0.3) is 10.9 Å². The van der Waals surface area contributed by atoms with Crippen LogP contribution in [0, 0.1) is 0 Å². The van der Waals surface area contributed by atoms with E-state index in [1.54, 1.807) is 0 Å². The molecule has 1 aromatic heterocycles. The van der Waals surface area contributed by atoms with Crippen LogP contribution in [0.4, 0.5) is 5.69 Å². The maximum atomic E-state index is 11.7. The largest absolute Gasteiger partial charge is 0.477 e. The topological polar surface area (TPSA) is 73.4 Å². The van der Waals surface area contributed by atoms with Crippen LogP contribution in [0.1, 0.15) is 23.2 Å². The molecule has 2 N–H and O–H groups in total. The highest BCUT2D eigenvalue weighted by Crippen LogP contribution is 2.23. The summed E-state index contributed by atoms with van der Waals surface area (Å²) in [7, 11) is 0. The lowest BCUT2D eigenvalue weighted by atomic mass is 10.1. The molecule has 0 atom stereocenters. The van der Waals surface area contributed by atoms with Crippen molar-refractivity contribution >= 4 is 22.6 Å². The van der Waals surface area contributed by atoms with E-state index >= 15 is 0 Å². The number of carbonyl (C=O) groups is 1. The second-order valence-electron chi connectivity index (χ2n) is 4.78. The number of aromatic nitrogens is 1. The average Bonchev–Trinajstić information content (AvgIpc) is 2.90. The number of carboxylic acids is 1. The number of hydrogen-bond donors (Lipinski definition) is 2. The molecule has 0 unspecified atom stereocenters. The lowest BCUT2D eigenvalue weighted by molar-refractivity contribution is 0.0695. The highest BCUT2D eigenvalue weighted by atomic mass is 16.4. The summed E-state index contributed by atoms with van der Waals surface area (Å²) in [6.07, 6.45) is 2.37. The van der Waals surface area contributed by atoms with Gasteiger partial charge in [0.2, 0.25) is 0 Å². The van der Waals surface area contributed by atoms with Gasteiger partial charge in [0.15, 0.2) is 0 Å². The zero-order valence-electron chi connectivity index (χ0n) is 10.3. The van der Waals surface area contributed by atoms with Gasteiger partial charge >= 0.3 is 5.97 Å². The van der Waals surface area contributed by atoms with E-state index in [2.05, 4.69) is 9.88 Å². The second kappa shape index (κ2) is 4.42. The standard InChI is InChI=1S/C14H14N2O3/c17-13-11(14(18)19)7-9-3-4-10(8-12(9)15-13)16-5-1-2-6-16/h3-4,7-8H,1-2,5-6H2,(H,15,17)(H,18,19). The van der Waals surface area contributed by atoms with Gasteiger partial charge in [-0.1, -0.05) is 6.07 Å². The van der Waals surface area contributed by atoms with Crippen molar-refractivity contribution in [1.82, 2.24) is 4.98 Å². The molecule has 0 bridgehead atoms. The summed E-state index contributed by atoms with van der Waals surface area (Å²) in [5.41, 5.74) is 0.975. The third kappa shape index (κ3) is 2.07. The van der Waals surface area contributed by atoms with E-state index in [-0.39, 0.29) is 5.56 Å². The molecule has 0 radical (unpaired) electrons. The summed E-state index contributed by atoms with van der Waals surface area (Å²) in [4.78, 5) is 27.5. The highest BCUT2D eigenvalue weighted by Gasteiger charge is 2.14. The molecule has 1 aliphatic heterocycles. The molecule has 5 nitrogen and oxygen atoms in total. The van der Waals surface area contributed by atoms with Crippen LogP contribution >= 0.6 is 0 Å². The fourth-order valence-corrected chi connectivity index (χ4v) is 2.52. The van der Waals surface area contributed by atoms with Crippen molar-refractivity contribution < 1.29 is 9.90 Å². The predicted octanol–water partition coefficient (Wildman–Crippen LogP) is 1.83. The molecule has 3 rings (SSSR count). The number of pyridine rings is 1. The van der Waals surface area contributed by atoms with Gasteiger partial charge in [-0.15, -0.1) is 0 Å². The molecule has 19 heavy (non-hydrogen) atoms. The number of nitrogens with zero attached hydrogens (tertiary/aromatic N) is 1. The second-order valence-corrected chi connectivity index (χ2v) is 4.78. The number of aromatic amines is 1. The Morgan fingerprint density at radius 1 is 1.21 bits per heavy atom. The van der Waals surface area contributed by atoms with E-state index in [1.165, 1.54) is 18.9 Å². The molecular formula is C14H14N2O3. The van der Waals surface area contributed by atoms with Crippen LogP contribution in [0.2, 0.25) is 0 Å². The van der Waals surface area contributed by atoms with Gasteiger partial charge in [-0.25, -0.2) is 4.79 Å². The molecular weight excluding hydrogens is 244 g/mol. The first-order chi connectivity index (χ1) is 9.15. The Morgan fingerprint density at radius 3 is 2.63 bits per heavy atom. The summed E-state index contributed by atoms with van der Waals surface area (Å²) in [6.45, 7) is 2.06. The van der Waals surface area contributed by atoms with Crippen LogP contribution < -0.4 is 10.5 Å². The van der Waals surface area contributed by atoms with Crippen molar-refractivity contribution in [3.8, 4) is 0 Å². The lowest BCUT2D eigenvalue weighted by Crippen LogP contribution is -2.19. The predicted molar refractivity (Wildman–Crippen MR) is 73.0 cm³/mol. The Bertz CT molecular complexity index is 699. The third-order valence-electron chi connectivity index (χ3n) is 3.53. The molecule has 0 spiro atoms. The SMILES string of the molecule is O=C(O)c1cc2ccc(N3CCCC3)cc2[nH]c1=O. The van der Waals surface area contributed by atoms with Crippen molar-refractivity contribution in [2.75, 3.05) is 18.0 Å². The first-order valence-electron chi connectivity index (χ1n) is 6.30. The fraction of sp³-hybridized carbons (Fsp3) is 0.286. The van der Waals surface area contributed by atoms with Gasteiger partial charge in [0.25, 0.3) is 5.56 Å². The highest BCUT2D eigenvalue weighted by molar-refractivity contribution is 5.93. The molecule has 0 aliphatic carbocycles. The molecule has 1 fully saturated rings. The van der Waals surface area contributed by atoms with Crippen LogP contribution in [0.5, 0.6) is 0 Å². The molecule has 1 aromatic carbocycles. The van der Waals surface area contributed by atoms with Crippen molar-refractivity contribution in [2.24, 2.45) is 0 Å². The summed E-state index contributed by atoms with van der Waals surface area (Å²) >= 11 is 0. The van der Waals surface area contributed by atoms with Gasteiger partial charge in [0.1, 0.15) is 5.56 Å². The van der Waals surface area contributed by atoms with E-state index in [0.29, 0.717) is 5.52 Å². The Kier molecular flexibility index (Phi) is 2.74. The van der Waals surface area contributed by atoms with Crippen molar-refractivity contribution in [3.05, 3.63) is 40.2 Å². The Hall–Kier alpha value is -2.30. The van der Waals surface area contributed by atoms with E-state index in [9.17, 15) is 9.59 Å². The molecule has 5 heteroatoms. The molecule has 98 valence electrons. The molecule has 1 aliphatic rings. The monoisotopic (exact) mass is 258 g/mol. The van der Waals surface area contributed by atoms with E-state index < -0.39 is 11.5 Å². The number of carboxylic acid groups (broad SMARTS) is 1. The zero-order valence-corrected chi connectivity index (χ0v) is 10.3. The summed E-state index contributed by atoms with van der Waals surface area (Å²) in [6, 6.07) is 7.15. The minimum Gasteiger partial charge on any atom is -0.477 e. The van der Waals surface area contributed by atoms with Gasteiger partial charge in [-0.05, 0) is 36.4 Å². The number of anilines is 1. The number of nitrogens with one attached hydrogen (secondary N) is 1. The van der Waals surface area contributed by atoms with Crippen LogP contribution in [0.3, 0.4) is 0 Å². The van der Waals surface area contributed by atoms with Gasteiger partial charge in [0.05, 0.1) is 5.52 Å². The lowest BCUT2D eigenvalue weighted by Gasteiger charge is -2.17. The van der Waals surface area contributed by atoms with Crippen molar-refractivity contribution in [3.63, 3.8) is 0 Å². The Balaban J connectivity index is 2.11. The molecule has 2 heterocycles. The van der Waals surface area contributed by atoms with E-state index in [4.69, 9.17) is 5.11 Å². The van der Waals surface area contributed by atoms with Crippen molar-refractivity contribution in [2.45, 2.75) is 12.8 Å². The minimum absolute atomic E-state index is 0.221. The number of fused-ring (bicyclic) bond motifs is 1. The first-order valence-corrected chi connectivity index (χ1v) is 6.30. The number of hydrogen-bond acceptors (Lipinski definition) is 3. The first kappa shape index (κ1) is 11.8. The van der Waals surface area contributed by atoms with Crippen LogP contribution in [-0.2, 0) is 0 Å². The van der Waals surface area contributed by atoms with E-state index in [0.717, 1.165) is 24.2 Å². The summed E-state index contributed by atoms with van der Waals surface area (Å²) in [5.74, 6) is -1.20. The third-order valence-corrected chi connectivity index (χ3v) is 3.53. The normalized spacial score (nSPS) is 15.1. The number of rotatable bonds is 2. The minimum atomic E-state index is -1.20. The molecule has 0 amide bonds.